The molecule has 3 aromatic rings. The summed E-state index contributed by atoms with van der Waals surface area (Å²) in [4.78, 5) is 54.6. The Kier molecular flexibility index (Phi) is 6.62. The second kappa shape index (κ2) is 9.66. The maximum absolute atomic E-state index is 13.4. The van der Waals surface area contributed by atoms with Crippen LogP contribution in [0.2, 0.25) is 0 Å². The highest BCUT2D eigenvalue weighted by molar-refractivity contribution is 7.17. The van der Waals surface area contributed by atoms with Crippen molar-refractivity contribution in [3.05, 3.63) is 91.7 Å². The van der Waals surface area contributed by atoms with E-state index in [4.69, 9.17) is 4.74 Å². The van der Waals surface area contributed by atoms with Crippen LogP contribution in [0.4, 0.5) is 15.2 Å². The van der Waals surface area contributed by atoms with Gasteiger partial charge in [0.25, 0.3) is 11.5 Å². The minimum atomic E-state index is -1.23. The largest absolute Gasteiger partial charge is 0.507 e. The van der Waals surface area contributed by atoms with Gasteiger partial charge in [-0.05, 0) is 55.8 Å². The molecule has 0 bridgehead atoms. The number of anilines is 1. The number of thiazole rings is 1. The molecule has 4 rings (SSSR count). The number of nitro groups is 1. The van der Waals surface area contributed by atoms with Crippen molar-refractivity contribution in [1.82, 2.24) is 4.98 Å². The van der Waals surface area contributed by atoms with Crippen molar-refractivity contribution in [2.24, 2.45) is 0 Å². The average Bonchev–Trinajstić information content (AvgIpc) is 3.36. The van der Waals surface area contributed by atoms with Gasteiger partial charge in [-0.15, -0.1) is 0 Å². The predicted octanol–water partition coefficient (Wildman–Crippen LogP) is 4.30. The van der Waals surface area contributed by atoms with Crippen molar-refractivity contribution in [1.29, 1.82) is 0 Å². The van der Waals surface area contributed by atoms with Gasteiger partial charge in [0.2, 0.25) is 0 Å². The lowest BCUT2D eigenvalue weighted by molar-refractivity contribution is -0.384. The summed E-state index contributed by atoms with van der Waals surface area (Å²) >= 11 is 0.834. The molecule has 1 atom stereocenters. The van der Waals surface area contributed by atoms with Gasteiger partial charge in [0.05, 0.1) is 28.8 Å². The molecule has 1 aliphatic rings. The first-order valence-electron chi connectivity index (χ1n) is 10.6. The second-order valence-corrected chi connectivity index (χ2v) is 8.63. The summed E-state index contributed by atoms with van der Waals surface area (Å²) < 4.78 is 18.5. The van der Waals surface area contributed by atoms with Gasteiger partial charge in [0.1, 0.15) is 16.5 Å². The summed E-state index contributed by atoms with van der Waals surface area (Å²) in [6, 6.07) is 8.54. The lowest BCUT2D eigenvalue weighted by Gasteiger charge is -2.22. The number of ether oxygens (including phenoxy) is 1. The van der Waals surface area contributed by atoms with Crippen molar-refractivity contribution in [3.8, 4) is 0 Å². The van der Waals surface area contributed by atoms with Crippen LogP contribution in [0.25, 0.3) is 5.76 Å². The van der Waals surface area contributed by atoms with Crippen LogP contribution in [0.1, 0.15) is 39.5 Å². The zero-order valence-corrected chi connectivity index (χ0v) is 19.7. The molecule has 10 nitrogen and oxygen atoms in total. The Morgan fingerprint density at radius 3 is 2.42 bits per heavy atom. The Bertz CT molecular complexity index is 1410. The van der Waals surface area contributed by atoms with Gasteiger partial charge >= 0.3 is 11.9 Å². The van der Waals surface area contributed by atoms with Crippen molar-refractivity contribution >= 4 is 45.6 Å². The number of rotatable bonds is 6. The number of aryl methyl sites for hydroxylation is 1. The molecule has 1 aromatic heterocycles. The number of aliphatic hydroxyl groups excluding tert-OH is 1. The van der Waals surface area contributed by atoms with Gasteiger partial charge in [-0.25, -0.2) is 14.2 Å². The predicted molar refractivity (Wildman–Crippen MR) is 127 cm³/mol. The third-order valence-corrected chi connectivity index (χ3v) is 6.57. The first-order valence-corrected chi connectivity index (χ1v) is 11.4. The van der Waals surface area contributed by atoms with Crippen LogP contribution in [0.3, 0.4) is 0 Å². The van der Waals surface area contributed by atoms with Crippen LogP contribution >= 0.6 is 11.3 Å². The monoisotopic (exact) mass is 511 g/mol. The zero-order valence-electron chi connectivity index (χ0n) is 18.9. The summed E-state index contributed by atoms with van der Waals surface area (Å²) in [5, 5.41) is 22.1. The lowest BCUT2D eigenvalue weighted by atomic mass is 9.95. The number of hydrogen-bond donors (Lipinski definition) is 1. The Balaban J connectivity index is 1.91. The van der Waals surface area contributed by atoms with Gasteiger partial charge in [-0.1, -0.05) is 11.3 Å². The molecule has 12 heteroatoms. The first kappa shape index (κ1) is 24.7. The molecule has 2 aromatic carbocycles. The normalized spacial score (nSPS) is 16.9. The van der Waals surface area contributed by atoms with Gasteiger partial charge in [0.15, 0.2) is 5.13 Å². The van der Waals surface area contributed by atoms with E-state index in [0.29, 0.717) is 0 Å². The third-order valence-electron chi connectivity index (χ3n) is 5.43. The fraction of sp³-hybridized carbons (Fsp3) is 0.167. The third kappa shape index (κ3) is 4.33. The summed E-state index contributed by atoms with van der Waals surface area (Å²) in [6.45, 7) is 3.30. The van der Waals surface area contributed by atoms with Crippen molar-refractivity contribution in [2.75, 3.05) is 11.5 Å². The van der Waals surface area contributed by atoms with E-state index in [-0.39, 0.29) is 44.7 Å². The first-order chi connectivity index (χ1) is 17.1. The SMILES string of the molecule is CCOC(=O)c1sc(N2C(=O)C(=O)/C(=C(/O)c3ccc(F)cc3)[C@H]2c2ccc([N+](=O)[O-])cc2)nc1C. The number of hydrogen-bond acceptors (Lipinski definition) is 9. The molecule has 1 saturated heterocycles. The summed E-state index contributed by atoms with van der Waals surface area (Å²) in [5.41, 5.74) is 0.101. The van der Waals surface area contributed by atoms with E-state index in [0.717, 1.165) is 28.4 Å². The molecule has 0 radical (unpaired) electrons. The molecule has 2 heterocycles. The van der Waals surface area contributed by atoms with E-state index in [9.17, 15) is 34.0 Å². The van der Waals surface area contributed by atoms with Gasteiger partial charge in [0, 0.05) is 17.7 Å². The number of Topliss-reactive ketones (excluding diaryl/α,β-unsaturated/α-hetero) is 1. The number of aliphatic hydroxyl groups is 1. The fourth-order valence-corrected chi connectivity index (χ4v) is 4.75. The lowest BCUT2D eigenvalue weighted by Crippen LogP contribution is -2.29. The number of esters is 1. The average molecular weight is 511 g/mol. The number of non-ortho nitro benzene ring substituents is 1. The quantitative estimate of drug-likeness (QED) is 0.129. The Hall–Kier alpha value is -4.45. The molecule has 1 N–H and O–H groups in total. The van der Waals surface area contributed by atoms with E-state index in [1.807, 2.05) is 0 Å². The summed E-state index contributed by atoms with van der Waals surface area (Å²) in [5.74, 6) is -3.83. The minimum absolute atomic E-state index is 0.000776. The van der Waals surface area contributed by atoms with Crippen LogP contribution < -0.4 is 4.90 Å². The van der Waals surface area contributed by atoms with Gasteiger partial charge in [-0.3, -0.25) is 24.6 Å². The number of aromatic nitrogens is 1. The Morgan fingerprint density at radius 2 is 1.83 bits per heavy atom. The van der Waals surface area contributed by atoms with E-state index in [1.54, 1.807) is 13.8 Å². The molecule has 1 aliphatic heterocycles. The second-order valence-electron chi connectivity index (χ2n) is 7.66. The van der Waals surface area contributed by atoms with Crippen molar-refractivity contribution in [3.63, 3.8) is 0 Å². The molecule has 184 valence electrons. The molecule has 0 unspecified atom stereocenters. The number of ketones is 1. The maximum Gasteiger partial charge on any atom is 0.350 e. The van der Waals surface area contributed by atoms with E-state index >= 15 is 0 Å². The number of nitro benzene ring substituents is 1. The van der Waals surface area contributed by atoms with Crippen molar-refractivity contribution in [2.45, 2.75) is 19.9 Å². The highest BCUT2D eigenvalue weighted by Gasteiger charge is 2.48. The number of halogens is 1. The maximum atomic E-state index is 13.4. The number of amides is 1. The molecule has 0 saturated carbocycles. The van der Waals surface area contributed by atoms with E-state index < -0.39 is 40.2 Å². The van der Waals surface area contributed by atoms with Crippen molar-refractivity contribution < 1.29 is 33.5 Å². The topological polar surface area (TPSA) is 140 Å². The molecular weight excluding hydrogens is 493 g/mol. The summed E-state index contributed by atoms with van der Waals surface area (Å²) in [6.07, 6.45) is 0. The summed E-state index contributed by atoms with van der Waals surface area (Å²) in [7, 11) is 0. The Labute approximate surface area is 207 Å². The number of nitrogens with zero attached hydrogens (tertiary/aromatic N) is 3. The number of carbonyl (C=O) groups excluding carboxylic acids is 3. The molecule has 0 spiro atoms. The fourth-order valence-electron chi connectivity index (χ4n) is 3.76. The molecule has 1 amide bonds. The van der Waals surface area contributed by atoms with Gasteiger partial charge in [-0.2, -0.15) is 0 Å². The van der Waals surface area contributed by atoms with Crippen LogP contribution in [-0.4, -0.2) is 39.3 Å². The standard InChI is InChI=1S/C24H18FN3O7S/c1-3-35-23(32)21-12(2)26-24(36-21)27-18(13-6-10-16(11-7-13)28(33)34)17(20(30)22(27)31)19(29)14-4-8-15(25)9-5-14/h4-11,18,29H,3H2,1-2H3/b19-17+/t18-/m1/s1. The van der Waals surface area contributed by atoms with Crippen LogP contribution in [-0.2, 0) is 14.3 Å². The zero-order chi connectivity index (χ0) is 26.1. The van der Waals surface area contributed by atoms with Gasteiger partial charge < -0.3 is 9.84 Å². The minimum Gasteiger partial charge on any atom is -0.507 e. The molecule has 0 aliphatic carbocycles. The van der Waals surface area contributed by atoms with Crippen LogP contribution in [0.15, 0.2) is 54.1 Å². The molecule has 1 fully saturated rings. The number of benzene rings is 2. The highest BCUT2D eigenvalue weighted by atomic mass is 32.1. The van der Waals surface area contributed by atoms with Crippen LogP contribution in [0, 0.1) is 22.9 Å². The highest BCUT2D eigenvalue weighted by Crippen LogP contribution is 2.44. The van der Waals surface area contributed by atoms with E-state index in [2.05, 4.69) is 4.98 Å². The Morgan fingerprint density at radius 1 is 1.19 bits per heavy atom. The molecule has 36 heavy (non-hydrogen) atoms. The smallest absolute Gasteiger partial charge is 0.350 e. The van der Waals surface area contributed by atoms with E-state index in [1.165, 1.54) is 36.4 Å². The number of carbonyl (C=O) groups is 3. The van der Waals surface area contributed by atoms with Crippen LogP contribution in [0.5, 0.6) is 0 Å². The molecular formula is C24H18FN3O7S.